The second-order valence-corrected chi connectivity index (χ2v) is 7.26. The predicted molar refractivity (Wildman–Crippen MR) is 112 cm³/mol. The number of carbonyl (C=O) groups excluding carboxylic acids is 2. The molecule has 1 aromatic heterocycles. The van der Waals surface area contributed by atoms with Crippen LogP contribution in [0.25, 0.3) is 0 Å². The Balaban J connectivity index is 1.64. The molecule has 0 fully saturated rings. The van der Waals surface area contributed by atoms with Gasteiger partial charge in [0.05, 0.1) is 17.9 Å². The van der Waals surface area contributed by atoms with E-state index in [0.717, 1.165) is 5.56 Å². The smallest absolute Gasteiger partial charge is 0.342 e. The van der Waals surface area contributed by atoms with Gasteiger partial charge < -0.3 is 10.1 Å². The third-order valence-corrected chi connectivity index (χ3v) is 4.72. The summed E-state index contributed by atoms with van der Waals surface area (Å²) in [4.78, 5) is 24.6. The lowest BCUT2D eigenvalue weighted by Gasteiger charge is -2.08. The fourth-order valence-corrected chi connectivity index (χ4v) is 3.17. The Morgan fingerprint density at radius 3 is 2.52 bits per heavy atom. The van der Waals surface area contributed by atoms with Gasteiger partial charge in [-0.3, -0.25) is 9.48 Å². The molecule has 0 saturated carbocycles. The molecule has 1 N–H and O–H groups in total. The molecule has 29 heavy (non-hydrogen) atoms. The quantitative estimate of drug-likeness (QED) is 0.613. The Morgan fingerprint density at radius 2 is 1.83 bits per heavy atom. The highest BCUT2D eigenvalue weighted by Crippen LogP contribution is 2.17. The standard InChI is InChI=1S/C22H22ClN3O3/c1-14-7-9-17(10-8-14)12-26-16(3)21(15(2)25-26)22(28)29-13-20(27)24-19-6-4-5-18(23)11-19/h4-11H,12-13H2,1-3H3,(H,24,27). The van der Waals surface area contributed by atoms with E-state index in [1.54, 1.807) is 35.9 Å². The van der Waals surface area contributed by atoms with Gasteiger partial charge >= 0.3 is 5.97 Å². The van der Waals surface area contributed by atoms with E-state index in [2.05, 4.69) is 10.4 Å². The highest BCUT2D eigenvalue weighted by molar-refractivity contribution is 6.30. The highest BCUT2D eigenvalue weighted by Gasteiger charge is 2.21. The maximum absolute atomic E-state index is 12.5. The number of esters is 1. The van der Waals surface area contributed by atoms with Crippen LogP contribution in [0.15, 0.2) is 48.5 Å². The van der Waals surface area contributed by atoms with E-state index in [-0.39, 0.29) is 0 Å². The van der Waals surface area contributed by atoms with Gasteiger partial charge in [0.15, 0.2) is 6.61 Å². The number of rotatable bonds is 6. The van der Waals surface area contributed by atoms with Crippen LogP contribution in [-0.4, -0.2) is 28.3 Å². The van der Waals surface area contributed by atoms with Crippen molar-refractivity contribution in [2.24, 2.45) is 0 Å². The first-order valence-corrected chi connectivity index (χ1v) is 9.53. The zero-order valence-electron chi connectivity index (χ0n) is 16.5. The Hall–Kier alpha value is -3.12. The van der Waals surface area contributed by atoms with Gasteiger partial charge in [-0.15, -0.1) is 0 Å². The van der Waals surface area contributed by atoms with Gasteiger partial charge in [-0.1, -0.05) is 47.5 Å². The van der Waals surface area contributed by atoms with Crippen molar-refractivity contribution in [3.8, 4) is 0 Å². The Bertz CT molecular complexity index is 1040. The van der Waals surface area contributed by atoms with E-state index in [4.69, 9.17) is 16.3 Å². The molecule has 1 heterocycles. The molecule has 0 unspecified atom stereocenters. The van der Waals surface area contributed by atoms with Gasteiger partial charge in [-0.2, -0.15) is 5.10 Å². The number of benzene rings is 2. The van der Waals surface area contributed by atoms with Crippen molar-refractivity contribution in [2.75, 3.05) is 11.9 Å². The molecule has 0 aliphatic heterocycles. The van der Waals surface area contributed by atoms with Crippen LogP contribution >= 0.6 is 11.6 Å². The van der Waals surface area contributed by atoms with Gasteiger partial charge in [0, 0.05) is 10.7 Å². The summed E-state index contributed by atoms with van der Waals surface area (Å²) in [6.45, 7) is 5.75. The van der Waals surface area contributed by atoms with Crippen LogP contribution in [0.5, 0.6) is 0 Å². The maximum Gasteiger partial charge on any atom is 0.342 e. The number of aromatic nitrogens is 2. The maximum atomic E-state index is 12.5. The van der Waals surface area contributed by atoms with Crippen molar-refractivity contribution >= 4 is 29.2 Å². The molecule has 6 nitrogen and oxygen atoms in total. The fraction of sp³-hybridized carbons (Fsp3) is 0.227. The van der Waals surface area contributed by atoms with Crippen molar-refractivity contribution in [1.82, 2.24) is 9.78 Å². The average Bonchev–Trinajstić information content (AvgIpc) is 2.95. The molecule has 3 aromatic rings. The van der Waals surface area contributed by atoms with Gasteiger partial charge in [0.2, 0.25) is 0 Å². The lowest BCUT2D eigenvalue weighted by molar-refractivity contribution is -0.119. The second-order valence-electron chi connectivity index (χ2n) is 6.82. The molecule has 0 bridgehead atoms. The van der Waals surface area contributed by atoms with E-state index in [1.165, 1.54) is 5.56 Å². The molecule has 1 amide bonds. The van der Waals surface area contributed by atoms with Crippen LogP contribution < -0.4 is 5.32 Å². The highest BCUT2D eigenvalue weighted by atomic mass is 35.5. The number of carbonyl (C=O) groups is 2. The topological polar surface area (TPSA) is 73.2 Å². The molecule has 0 aliphatic rings. The zero-order valence-corrected chi connectivity index (χ0v) is 17.3. The summed E-state index contributed by atoms with van der Waals surface area (Å²) in [5.41, 5.74) is 4.45. The number of anilines is 1. The van der Waals surface area contributed by atoms with Crippen LogP contribution in [0.3, 0.4) is 0 Å². The molecule has 0 radical (unpaired) electrons. The number of amides is 1. The number of nitrogens with one attached hydrogen (secondary N) is 1. The molecule has 150 valence electrons. The van der Waals surface area contributed by atoms with Crippen LogP contribution in [0, 0.1) is 20.8 Å². The summed E-state index contributed by atoms with van der Waals surface area (Å²) < 4.78 is 6.96. The lowest BCUT2D eigenvalue weighted by atomic mass is 10.1. The summed E-state index contributed by atoms with van der Waals surface area (Å²) in [5.74, 6) is -1.01. The number of halogens is 1. The molecule has 0 saturated heterocycles. The largest absolute Gasteiger partial charge is 0.452 e. The average molecular weight is 412 g/mol. The molecule has 7 heteroatoms. The SMILES string of the molecule is Cc1ccc(Cn2nc(C)c(C(=O)OCC(=O)Nc3cccc(Cl)c3)c2C)cc1. The van der Waals surface area contributed by atoms with Crippen LogP contribution in [0.1, 0.15) is 32.9 Å². The molecule has 0 spiro atoms. The van der Waals surface area contributed by atoms with Crippen molar-refractivity contribution < 1.29 is 14.3 Å². The Morgan fingerprint density at radius 1 is 1.10 bits per heavy atom. The number of aryl methyl sites for hydroxylation is 2. The first-order chi connectivity index (χ1) is 13.8. The van der Waals surface area contributed by atoms with Crippen LogP contribution in [-0.2, 0) is 16.1 Å². The van der Waals surface area contributed by atoms with Crippen molar-refractivity contribution in [3.05, 3.63) is 81.6 Å². The van der Waals surface area contributed by atoms with Crippen molar-refractivity contribution in [2.45, 2.75) is 27.3 Å². The van der Waals surface area contributed by atoms with E-state index < -0.39 is 18.5 Å². The summed E-state index contributed by atoms with van der Waals surface area (Å²) in [7, 11) is 0. The summed E-state index contributed by atoms with van der Waals surface area (Å²) in [6.07, 6.45) is 0. The molecule has 0 aliphatic carbocycles. The Labute approximate surface area is 174 Å². The predicted octanol–water partition coefficient (Wildman–Crippen LogP) is 4.31. The van der Waals surface area contributed by atoms with E-state index in [0.29, 0.717) is 34.2 Å². The van der Waals surface area contributed by atoms with Gasteiger partial charge in [0.1, 0.15) is 5.56 Å². The number of hydrogen-bond donors (Lipinski definition) is 1. The first-order valence-electron chi connectivity index (χ1n) is 9.15. The van der Waals surface area contributed by atoms with E-state index >= 15 is 0 Å². The van der Waals surface area contributed by atoms with Gasteiger partial charge in [0.25, 0.3) is 5.91 Å². The molecular weight excluding hydrogens is 390 g/mol. The van der Waals surface area contributed by atoms with Gasteiger partial charge in [-0.25, -0.2) is 4.79 Å². The summed E-state index contributed by atoms with van der Waals surface area (Å²) in [6, 6.07) is 14.9. The minimum absolute atomic E-state index is 0.382. The van der Waals surface area contributed by atoms with Crippen molar-refractivity contribution in [3.63, 3.8) is 0 Å². The van der Waals surface area contributed by atoms with E-state index in [1.807, 2.05) is 38.1 Å². The zero-order chi connectivity index (χ0) is 21.0. The summed E-state index contributed by atoms with van der Waals surface area (Å²) in [5, 5.41) is 7.60. The normalized spacial score (nSPS) is 10.6. The monoisotopic (exact) mass is 411 g/mol. The van der Waals surface area contributed by atoms with Gasteiger partial charge in [-0.05, 0) is 44.5 Å². The lowest BCUT2D eigenvalue weighted by Crippen LogP contribution is -2.21. The van der Waals surface area contributed by atoms with Crippen LogP contribution in [0.4, 0.5) is 5.69 Å². The third kappa shape index (κ3) is 5.23. The minimum atomic E-state index is -0.573. The second kappa shape index (κ2) is 8.92. The van der Waals surface area contributed by atoms with Crippen LogP contribution in [0.2, 0.25) is 5.02 Å². The summed E-state index contributed by atoms with van der Waals surface area (Å²) >= 11 is 5.89. The molecule has 3 rings (SSSR count). The third-order valence-electron chi connectivity index (χ3n) is 4.48. The molecule has 0 atom stereocenters. The minimum Gasteiger partial charge on any atom is -0.452 e. The fourth-order valence-electron chi connectivity index (χ4n) is 2.98. The number of hydrogen-bond acceptors (Lipinski definition) is 4. The Kier molecular flexibility index (Phi) is 6.34. The number of nitrogens with zero attached hydrogens (tertiary/aromatic N) is 2. The molecular formula is C22H22ClN3O3. The number of ether oxygens (including phenoxy) is 1. The van der Waals surface area contributed by atoms with E-state index in [9.17, 15) is 9.59 Å². The van der Waals surface area contributed by atoms with Crippen molar-refractivity contribution in [1.29, 1.82) is 0 Å². The molecule has 2 aromatic carbocycles. The first kappa shape index (κ1) is 20.6.